The molecule has 0 unspecified atom stereocenters. The van der Waals surface area contributed by atoms with Gasteiger partial charge in [0.25, 0.3) is 0 Å². The van der Waals surface area contributed by atoms with Crippen molar-refractivity contribution in [2.75, 3.05) is 51.8 Å². The number of benzene rings is 1. The van der Waals surface area contributed by atoms with Gasteiger partial charge < -0.3 is 25.0 Å². The number of piperidine rings is 1. The molecule has 2 saturated heterocycles. The van der Waals surface area contributed by atoms with E-state index in [1.54, 1.807) is 7.11 Å². The highest BCUT2D eigenvalue weighted by molar-refractivity contribution is 5.94. The topological polar surface area (TPSA) is 58.6 Å². The Bertz CT molecular complexity index is 814. The van der Waals surface area contributed by atoms with E-state index in [9.17, 15) is 0 Å². The number of aryl methyl sites for hydroxylation is 1. The fourth-order valence-corrected chi connectivity index (χ4v) is 4.42. The molecule has 0 bridgehead atoms. The highest BCUT2D eigenvalue weighted by Crippen LogP contribution is 2.36. The Kier molecular flexibility index (Phi) is 6.72. The van der Waals surface area contributed by atoms with E-state index in [-0.39, 0.29) is 0 Å². The lowest BCUT2D eigenvalue weighted by molar-refractivity contribution is 0.254. The number of pyridine rings is 1. The Hall–Kier alpha value is -2.05. The first kappa shape index (κ1) is 20.2. The summed E-state index contributed by atoms with van der Waals surface area (Å²) >= 11 is 0. The van der Waals surface area contributed by atoms with Crippen LogP contribution in [-0.4, -0.2) is 62.4 Å². The maximum Gasteiger partial charge on any atom is 0.163 e. The number of anilines is 1. The second kappa shape index (κ2) is 9.63. The maximum atomic E-state index is 6.11. The zero-order valence-electron chi connectivity index (χ0n) is 17.8. The van der Waals surface area contributed by atoms with Crippen LogP contribution in [-0.2, 0) is 0 Å². The van der Waals surface area contributed by atoms with Crippen LogP contribution in [0.15, 0.2) is 18.2 Å². The van der Waals surface area contributed by atoms with E-state index in [0.717, 1.165) is 72.7 Å². The van der Waals surface area contributed by atoms with Crippen LogP contribution in [0.25, 0.3) is 10.9 Å². The van der Waals surface area contributed by atoms with Gasteiger partial charge in [0, 0.05) is 35.4 Å². The highest BCUT2D eigenvalue weighted by atomic mass is 16.5. The minimum Gasteiger partial charge on any atom is -0.493 e. The number of fused-ring (bicyclic) bond motifs is 1. The molecule has 3 heterocycles. The van der Waals surface area contributed by atoms with Crippen molar-refractivity contribution >= 4 is 16.6 Å². The third-order valence-electron chi connectivity index (χ3n) is 6.00. The number of aromatic nitrogens is 1. The predicted molar refractivity (Wildman–Crippen MR) is 118 cm³/mol. The Morgan fingerprint density at radius 1 is 1.14 bits per heavy atom. The molecule has 2 fully saturated rings. The van der Waals surface area contributed by atoms with Gasteiger partial charge in [-0.1, -0.05) is 0 Å². The van der Waals surface area contributed by atoms with Crippen LogP contribution < -0.4 is 20.1 Å². The fourth-order valence-electron chi connectivity index (χ4n) is 4.42. The molecule has 0 spiro atoms. The molecule has 2 aliphatic heterocycles. The summed E-state index contributed by atoms with van der Waals surface area (Å²) in [6.45, 7) is 8.46. The molecule has 0 amide bonds. The Labute approximate surface area is 174 Å². The molecule has 29 heavy (non-hydrogen) atoms. The zero-order chi connectivity index (χ0) is 20.1. The number of likely N-dealkylation sites (tertiary alicyclic amines) is 1. The number of hydrogen-bond donors (Lipinski definition) is 2. The van der Waals surface area contributed by atoms with Crippen molar-refractivity contribution in [3.8, 4) is 11.5 Å². The van der Waals surface area contributed by atoms with Crippen LogP contribution in [0.3, 0.4) is 0 Å². The average molecular weight is 399 g/mol. The molecule has 4 rings (SSSR count). The van der Waals surface area contributed by atoms with E-state index in [4.69, 9.17) is 14.5 Å². The van der Waals surface area contributed by atoms with Crippen LogP contribution in [0.1, 0.15) is 37.8 Å². The Balaban J connectivity index is 1.49. The predicted octanol–water partition coefficient (Wildman–Crippen LogP) is 3.58. The molecule has 2 N–H and O–H groups in total. The standard InChI is InChI=1S/C23H34N4O2/c1-17-14-20(26-18-6-8-24-9-7-18)19-15-22(28-2)23(16-21(19)25-17)29-13-5-12-27-10-3-4-11-27/h14-16,18,24H,3-13H2,1-2H3,(H,25,26). The van der Waals surface area contributed by atoms with Gasteiger partial charge >= 0.3 is 0 Å². The molecule has 0 saturated carbocycles. The lowest BCUT2D eigenvalue weighted by atomic mass is 10.0. The smallest absolute Gasteiger partial charge is 0.163 e. The molecule has 0 radical (unpaired) electrons. The molecule has 0 aliphatic carbocycles. The number of nitrogens with one attached hydrogen (secondary N) is 2. The van der Waals surface area contributed by atoms with Crippen molar-refractivity contribution in [2.24, 2.45) is 0 Å². The summed E-state index contributed by atoms with van der Waals surface area (Å²) in [6, 6.07) is 6.74. The summed E-state index contributed by atoms with van der Waals surface area (Å²) in [5, 5.41) is 8.26. The average Bonchev–Trinajstić information content (AvgIpc) is 3.25. The summed E-state index contributed by atoms with van der Waals surface area (Å²) in [4.78, 5) is 7.28. The van der Waals surface area contributed by atoms with E-state index in [2.05, 4.69) is 27.7 Å². The van der Waals surface area contributed by atoms with Gasteiger partial charge in [-0.15, -0.1) is 0 Å². The first-order chi connectivity index (χ1) is 14.2. The van der Waals surface area contributed by atoms with Gasteiger partial charge in [0.1, 0.15) is 0 Å². The largest absolute Gasteiger partial charge is 0.493 e. The summed E-state index contributed by atoms with van der Waals surface area (Å²) < 4.78 is 11.8. The molecule has 0 atom stereocenters. The number of methoxy groups -OCH3 is 1. The van der Waals surface area contributed by atoms with Crippen molar-refractivity contribution in [3.05, 3.63) is 23.9 Å². The second-order valence-electron chi connectivity index (χ2n) is 8.25. The Morgan fingerprint density at radius 3 is 2.69 bits per heavy atom. The fraction of sp³-hybridized carbons (Fsp3) is 0.609. The van der Waals surface area contributed by atoms with E-state index < -0.39 is 0 Å². The van der Waals surface area contributed by atoms with Gasteiger partial charge in [0.2, 0.25) is 0 Å². The normalized spacial score (nSPS) is 18.3. The van der Waals surface area contributed by atoms with Crippen LogP contribution in [0.2, 0.25) is 0 Å². The molecule has 6 nitrogen and oxygen atoms in total. The van der Waals surface area contributed by atoms with Gasteiger partial charge in [0.15, 0.2) is 11.5 Å². The quantitative estimate of drug-likeness (QED) is 0.663. The molecule has 158 valence electrons. The molecule has 1 aromatic heterocycles. The molecule has 2 aromatic rings. The number of nitrogens with zero attached hydrogens (tertiary/aromatic N) is 2. The van der Waals surface area contributed by atoms with E-state index in [1.165, 1.54) is 25.9 Å². The maximum absolute atomic E-state index is 6.11. The first-order valence-corrected chi connectivity index (χ1v) is 11.0. The van der Waals surface area contributed by atoms with Gasteiger partial charge in [-0.05, 0) is 77.3 Å². The van der Waals surface area contributed by atoms with Crippen molar-refractivity contribution < 1.29 is 9.47 Å². The second-order valence-corrected chi connectivity index (χ2v) is 8.25. The van der Waals surface area contributed by atoms with Gasteiger partial charge in [-0.3, -0.25) is 4.98 Å². The van der Waals surface area contributed by atoms with E-state index >= 15 is 0 Å². The summed E-state index contributed by atoms with van der Waals surface area (Å²) in [5.74, 6) is 1.56. The van der Waals surface area contributed by atoms with Crippen LogP contribution in [0, 0.1) is 6.92 Å². The lowest BCUT2D eigenvalue weighted by Crippen LogP contribution is -2.35. The number of ether oxygens (including phenoxy) is 2. The molecular formula is C23H34N4O2. The Morgan fingerprint density at radius 2 is 1.93 bits per heavy atom. The minimum atomic E-state index is 0.494. The number of hydrogen-bond acceptors (Lipinski definition) is 6. The van der Waals surface area contributed by atoms with Crippen LogP contribution in [0.4, 0.5) is 5.69 Å². The summed E-state index contributed by atoms with van der Waals surface area (Å²) in [5.41, 5.74) is 3.11. The van der Waals surface area contributed by atoms with E-state index in [0.29, 0.717) is 12.6 Å². The zero-order valence-corrected chi connectivity index (χ0v) is 17.8. The monoisotopic (exact) mass is 398 g/mol. The molecule has 6 heteroatoms. The highest BCUT2D eigenvalue weighted by Gasteiger charge is 2.17. The molecular weight excluding hydrogens is 364 g/mol. The van der Waals surface area contributed by atoms with Crippen LogP contribution in [0.5, 0.6) is 11.5 Å². The van der Waals surface area contributed by atoms with Crippen molar-refractivity contribution in [1.29, 1.82) is 0 Å². The SMILES string of the molecule is COc1cc2c(NC3CCNCC3)cc(C)nc2cc1OCCCN1CCCC1. The third-order valence-corrected chi connectivity index (χ3v) is 6.00. The number of rotatable bonds is 8. The molecule has 2 aliphatic rings. The van der Waals surface area contributed by atoms with Crippen molar-refractivity contribution in [2.45, 2.75) is 45.1 Å². The van der Waals surface area contributed by atoms with Gasteiger partial charge in [-0.25, -0.2) is 0 Å². The summed E-state index contributed by atoms with van der Waals surface area (Å²) in [6.07, 6.45) is 5.97. The lowest BCUT2D eigenvalue weighted by Gasteiger charge is -2.25. The first-order valence-electron chi connectivity index (χ1n) is 11.0. The van der Waals surface area contributed by atoms with Gasteiger partial charge in [-0.2, -0.15) is 0 Å². The third kappa shape index (κ3) is 5.11. The van der Waals surface area contributed by atoms with Crippen LogP contribution >= 0.6 is 0 Å². The summed E-state index contributed by atoms with van der Waals surface area (Å²) in [7, 11) is 1.71. The van der Waals surface area contributed by atoms with Crippen molar-refractivity contribution in [1.82, 2.24) is 15.2 Å². The van der Waals surface area contributed by atoms with Crippen molar-refractivity contribution in [3.63, 3.8) is 0 Å². The van der Waals surface area contributed by atoms with Gasteiger partial charge in [0.05, 0.1) is 19.2 Å². The van der Waals surface area contributed by atoms with E-state index in [1.807, 2.05) is 13.0 Å². The molecule has 1 aromatic carbocycles. The minimum absolute atomic E-state index is 0.494.